The molecule has 0 unspecified atom stereocenters. The summed E-state index contributed by atoms with van der Waals surface area (Å²) in [6.07, 6.45) is 0.404. The molecule has 2 atom stereocenters. The van der Waals surface area contributed by atoms with Gasteiger partial charge in [0.2, 0.25) is 5.91 Å². The summed E-state index contributed by atoms with van der Waals surface area (Å²) >= 11 is 0. The summed E-state index contributed by atoms with van der Waals surface area (Å²) in [5.74, 6) is 0.345. The number of nitrogens with two attached hydrogens (primary N) is 1. The van der Waals surface area contributed by atoms with Gasteiger partial charge in [-0.2, -0.15) is 0 Å². The summed E-state index contributed by atoms with van der Waals surface area (Å²) in [6, 6.07) is 20.2. The molecule has 0 aromatic heterocycles. The first-order valence-electron chi connectivity index (χ1n) is 8.44. The zero-order valence-corrected chi connectivity index (χ0v) is 13.8. The van der Waals surface area contributed by atoms with Crippen molar-refractivity contribution in [2.24, 2.45) is 5.73 Å². The van der Waals surface area contributed by atoms with Crippen molar-refractivity contribution in [1.82, 2.24) is 4.90 Å². The Morgan fingerprint density at radius 2 is 1.71 bits per heavy atom. The van der Waals surface area contributed by atoms with E-state index in [1.807, 2.05) is 53.4 Å². The van der Waals surface area contributed by atoms with Crippen LogP contribution in [-0.2, 0) is 16.1 Å². The Morgan fingerprint density at radius 1 is 1.04 bits per heavy atom. The molecule has 1 amide bonds. The maximum absolute atomic E-state index is 12.4. The molecule has 3 rings (SSSR count). The fourth-order valence-electron chi connectivity index (χ4n) is 3.17. The Balaban J connectivity index is 1.44. The van der Waals surface area contributed by atoms with Crippen molar-refractivity contribution < 1.29 is 9.53 Å². The molecule has 1 aliphatic rings. The second-order valence-corrected chi connectivity index (χ2v) is 6.27. The molecule has 0 saturated carbocycles. The number of benzene rings is 2. The highest BCUT2D eigenvalue weighted by Gasteiger charge is 2.33. The van der Waals surface area contributed by atoms with Crippen LogP contribution in [0.2, 0.25) is 0 Å². The molecule has 1 fully saturated rings. The molecule has 0 bridgehead atoms. The summed E-state index contributed by atoms with van der Waals surface area (Å²) in [5.41, 5.74) is 8.58. The summed E-state index contributed by atoms with van der Waals surface area (Å²) < 4.78 is 5.61. The second kappa shape index (κ2) is 8.08. The lowest BCUT2D eigenvalue weighted by Crippen LogP contribution is -2.32. The first kappa shape index (κ1) is 16.7. The van der Waals surface area contributed by atoms with Gasteiger partial charge in [-0.3, -0.25) is 4.79 Å². The van der Waals surface area contributed by atoms with Gasteiger partial charge < -0.3 is 15.4 Å². The predicted octanol–water partition coefficient (Wildman–Crippen LogP) is 2.55. The van der Waals surface area contributed by atoms with Crippen LogP contribution in [0.5, 0.6) is 0 Å². The smallest absolute Gasteiger partial charge is 0.224 e. The van der Waals surface area contributed by atoms with E-state index >= 15 is 0 Å². The van der Waals surface area contributed by atoms with E-state index < -0.39 is 0 Å². The van der Waals surface area contributed by atoms with Crippen molar-refractivity contribution in [3.63, 3.8) is 0 Å². The molecular weight excluding hydrogens is 300 g/mol. The first-order chi connectivity index (χ1) is 11.7. The van der Waals surface area contributed by atoms with E-state index in [1.165, 1.54) is 5.56 Å². The molecule has 1 saturated heterocycles. The van der Waals surface area contributed by atoms with Crippen molar-refractivity contribution in [2.75, 3.05) is 19.7 Å². The zero-order valence-electron chi connectivity index (χ0n) is 13.8. The largest absolute Gasteiger partial charge is 0.376 e. The molecule has 126 valence electrons. The van der Waals surface area contributed by atoms with E-state index in [2.05, 4.69) is 12.1 Å². The highest BCUT2D eigenvalue weighted by atomic mass is 16.5. The third-order valence-electron chi connectivity index (χ3n) is 4.52. The zero-order chi connectivity index (χ0) is 16.8. The molecule has 0 aliphatic carbocycles. The summed E-state index contributed by atoms with van der Waals surface area (Å²) in [7, 11) is 0. The van der Waals surface area contributed by atoms with Gasteiger partial charge in [-0.25, -0.2) is 0 Å². The molecule has 2 N–H and O–H groups in total. The minimum atomic E-state index is 0.00147. The number of carbonyl (C=O) groups excluding carboxylic acids is 1. The number of rotatable bonds is 6. The molecule has 0 spiro atoms. The van der Waals surface area contributed by atoms with Crippen LogP contribution in [0.25, 0.3) is 0 Å². The average molecular weight is 324 g/mol. The van der Waals surface area contributed by atoms with Crippen LogP contribution in [0.1, 0.15) is 23.5 Å². The number of carbonyl (C=O) groups is 1. The van der Waals surface area contributed by atoms with E-state index in [-0.39, 0.29) is 17.9 Å². The Bertz CT molecular complexity index is 645. The monoisotopic (exact) mass is 324 g/mol. The highest BCUT2D eigenvalue weighted by molar-refractivity contribution is 5.76. The van der Waals surface area contributed by atoms with Crippen LogP contribution in [-0.4, -0.2) is 36.5 Å². The number of amides is 1. The van der Waals surface area contributed by atoms with Crippen LogP contribution in [0.4, 0.5) is 0 Å². The predicted molar refractivity (Wildman–Crippen MR) is 94.5 cm³/mol. The Kier molecular flexibility index (Phi) is 5.62. The number of nitrogens with zero attached hydrogens (tertiary/aromatic N) is 1. The maximum atomic E-state index is 12.4. The number of hydrogen-bond acceptors (Lipinski definition) is 3. The fraction of sp³-hybridized carbons (Fsp3) is 0.350. The molecule has 4 heteroatoms. The van der Waals surface area contributed by atoms with Crippen LogP contribution in [0.15, 0.2) is 60.7 Å². The molecule has 2 aromatic carbocycles. The van der Waals surface area contributed by atoms with E-state index in [9.17, 15) is 4.79 Å². The van der Waals surface area contributed by atoms with Crippen LogP contribution in [0, 0.1) is 0 Å². The Morgan fingerprint density at radius 3 is 2.42 bits per heavy atom. The van der Waals surface area contributed by atoms with Crippen molar-refractivity contribution in [2.45, 2.75) is 25.0 Å². The minimum absolute atomic E-state index is 0.00147. The van der Waals surface area contributed by atoms with Gasteiger partial charge in [-0.1, -0.05) is 60.7 Å². The van der Waals surface area contributed by atoms with E-state index in [1.54, 1.807) is 0 Å². The molecule has 0 radical (unpaired) electrons. The van der Waals surface area contributed by atoms with Gasteiger partial charge in [-0.05, 0) is 11.1 Å². The number of likely N-dealkylation sites (tertiary alicyclic amines) is 1. The lowest BCUT2D eigenvalue weighted by molar-refractivity contribution is -0.131. The molecule has 24 heavy (non-hydrogen) atoms. The van der Waals surface area contributed by atoms with Gasteiger partial charge in [0, 0.05) is 25.0 Å². The minimum Gasteiger partial charge on any atom is -0.376 e. The average Bonchev–Trinajstić information content (AvgIpc) is 3.02. The highest BCUT2D eigenvalue weighted by Crippen LogP contribution is 2.26. The van der Waals surface area contributed by atoms with Gasteiger partial charge in [0.25, 0.3) is 0 Å². The molecule has 1 heterocycles. The molecule has 2 aromatic rings. The van der Waals surface area contributed by atoms with E-state index in [0.29, 0.717) is 32.7 Å². The van der Waals surface area contributed by atoms with Gasteiger partial charge >= 0.3 is 0 Å². The van der Waals surface area contributed by atoms with Crippen molar-refractivity contribution in [3.8, 4) is 0 Å². The summed E-state index contributed by atoms with van der Waals surface area (Å²) in [6.45, 7) is 2.30. The van der Waals surface area contributed by atoms with E-state index in [0.717, 1.165) is 5.56 Å². The Hall–Kier alpha value is -2.17. The molecule has 4 nitrogen and oxygen atoms in total. The number of hydrogen-bond donors (Lipinski definition) is 1. The van der Waals surface area contributed by atoms with Crippen LogP contribution >= 0.6 is 0 Å². The van der Waals surface area contributed by atoms with Crippen molar-refractivity contribution >= 4 is 5.91 Å². The van der Waals surface area contributed by atoms with Gasteiger partial charge in [0.15, 0.2) is 0 Å². The Labute approximate surface area is 143 Å². The normalized spacial score (nSPS) is 20.3. The number of ether oxygens (including phenoxy) is 1. The van der Waals surface area contributed by atoms with Gasteiger partial charge in [0.1, 0.15) is 0 Å². The van der Waals surface area contributed by atoms with Gasteiger partial charge in [-0.15, -0.1) is 0 Å². The molecular formula is C20H24N2O2. The first-order valence-corrected chi connectivity index (χ1v) is 8.44. The van der Waals surface area contributed by atoms with Crippen LogP contribution < -0.4 is 5.73 Å². The second-order valence-electron chi connectivity index (χ2n) is 6.27. The third-order valence-corrected chi connectivity index (χ3v) is 4.52. The lowest BCUT2D eigenvalue weighted by Gasteiger charge is -2.16. The topological polar surface area (TPSA) is 55.6 Å². The fourth-order valence-corrected chi connectivity index (χ4v) is 3.17. The van der Waals surface area contributed by atoms with Gasteiger partial charge in [0.05, 0.1) is 19.6 Å². The summed E-state index contributed by atoms with van der Waals surface area (Å²) in [4.78, 5) is 14.2. The third kappa shape index (κ3) is 4.22. The lowest BCUT2D eigenvalue weighted by atomic mass is 9.95. The maximum Gasteiger partial charge on any atom is 0.224 e. The quantitative estimate of drug-likeness (QED) is 0.831. The SMILES string of the molecule is N[C@@H]1CN(C(=O)CCOCc2ccccc2)C[C@H]1c1ccccc1. The van der Waals surface area contributed by atoms with E-state index in [4.69, 9.17) is 10.5 Å². The standard InChI is InChI=1S/C20H24N2O2/c21-19-14-22(13-18(19)17-9-5-2-6-10-17)20(23)11-12-24-15-16-7-3-1-4-8-16/h1-10,18-19H,11-15,21H2/t18-,19+/m0/s1. The van der Waals surface area contributed by atoms with Crippen molar-refractivity contribution in [3.05, 3.63) is 71.8 Å². The summed E-state index contributed by atoms with van der Waals surface area (Å²) in [5, 5.41) is 0. The van der Waals surface area contributed by atoms with Crippen molar-refractivity contribution in [1.29, 1.82) is 0 Å². The van der Waals surface area contributed by atoms with Crippen LogP contribution in [0.3, 0.4) is 0 Å². The molecule has 1 aliphatic heterocycles.